The van der Waals surface area contributed by atoms with Crippen molar-refractivity contribution in [3.8, 4) is 0 Å². The highest BCUT2D eigenvalue weighted by atomic mass is 16.1. The zero-order chi connectivity index (χ0) is 21.6. The predicted molar refractivity (Wildman–Crippen MR) is 126 cm³/mol. The quantitative estimate of drug-likeness (QED) is 0.472. The molecule has 0 spiro atoms. The van der Waals surface area contributed by atoms with Crippen LogP contribution >= 0.6 is 0 Å². The molecule has 31 heavy (non-hydrogen) atoms. The summed E-state index contributed by atoms with van der Waals surface area (Å²) in [5, 5.41) is 9.78. The molecule has 0 unspecified atom stereocenters. The molecule has 0 radical (unpaired) electrons. The molecule has 6 heteroatoms. The summed E-state index contributed by atoms with van der Waals surface area (Å²) in [4.78, 5) is 21.7. The number of carbonyl (C=O) groups is 1. The minimum Gasteiger partial charge on any atom is -0.351 e. The third-order valence-corrected chi connectivity index (χ3v) is 5.60. The van der Waals surface area contributed by atoms with Crippen LogP contribution in [0.3, 0.4) is 0 Å². The van der Waals surface area contributed by atoms with Crippen LogP contribution in [-0.2, 0) is 0 Å². The number of carbonyl (C=O) groups excluding carboxylic acids is 1. The largest absolute Gasteiger partial charge is 0.351 e. The standard InChI is InChI=1S/C25H29N5O/c1-17-8-6-7-11-22(17)24(31)28-21-14-12-20(13-15-21)27-23-16-18(2)26-25(30-23)29-19-9-4-3-5-10-19/h6-8,11-16,19H,3-5,9-10H2,1-2H3,(H,28,31)(H2,26,27,29,30). The fraction of sp³-hybridized carbons (Fsp3) is 0.320. The van der Waals surface area contributed by atoms with E-state index in [1.165, 1.54) is 32.1 Å². The van der Waals surface area contributed by atoms with E-state index in [0.717, 1.165) is 28.5 Å². The Kier molecular flexibility index (Phi) is 6.46. The first-order valence-corrected chi connectivity index (χ1v) is 10.9. The average Bonchev–Trinajstić information content (AvgIpc) is 2.76. The third kappa shape index (κ3) is 5.60. The molecular weight excluding hydrogens is 386 g/mol. The summed E-state index contributed by atoms with van der Waals surface area (Å²) in [6, 6.07) is 17.6. The van der Waals surface area contributed by atoms with Crippen LogP contribution in [-0.4, -0.2) is 21.9 Å². The van der Waals surface area contributed by atoms with Crippen molar-refractivity contribution in [3.05, 3.63) is 71.4 Å². The molecule has 1 heterocycles. The van der Waals surface area contributed by atoms with E-state index in [0.29, 0.717) is 17.6 Å². The molecule has 1 saturated carbocycles. The van der Waals surface area contributed by atoms with Gasteiger partial charge in [0.25, 0.3) is 5.91 Å². The molecule has 3 N–H and O–H groups in total. The Hall–Kier alpha value is -3.41. The number of rotatable bonds is 6. The highest BCUT2D eigenvalue weighted by molar-refractivity contribution is 6.05. The summed E-state index contributed by atoms with van der Waals surface area (Å²) in [5.41, 5.74) is 4.19. The van der Waals surface area contributed by atoms with E-state index in [-0.39, 0.29) is 5.91 Å². The lowest BCUT2D eigenvalue weighted by molar-refractivity contribution is 0.102. The molecule has 6 nitrogen and oxygen atoms in total. The van der Waals surface area contributed by atoms with Gasteiger partial charge in [0.1, 0.15) is 5.82 Å². The molecule has 0 bridgehead atoms. The SMILES string of the molecule is Cc1cc(Nc2ccc(NC(=O)c3ccccc3C)cc2)nc(NC2CCCCC2)n1. The van der Waals surface area contributed by atoms with Crippen LogP contribution in [0.4, 0.5) is 23.1 Å². The second kappa shape index (κ2) is 9.60. The summed E-state index contributed by atoms with van der Waals surface area (Å²) < 4.78 is 0. The molecule has 3 aromatic rings. The fourth-order valence-corrected chi connectivity index (χ4v) is 3.94. The molecule has 1 aliphatic carbocycles. The minimum absolute atomic E-state index is 0.108. The van der Waals surface area contributed by atoms with Crippen molar-refractivity contribution in [2.24, 2.45) is 0 Å². The predicted octanol–water partition coefficient (Wildman–Crippen LogP) is 5.83. The van der Waals surface area contributed by atoms with Gasteiger partial charge in [0.2, 0.25) is 5.95 Å². The Morgan fingerprint density at radius 2 is 1.61 bits per heavy atom. The Balaban J connectivity index is 1.40. The summed E-state index contributed by atoms with van der Waals surface area (Å²) in [6.45, 7) is 3.91. The first-order valence-electron chi connectivity index (χ1n) is 10.9. The molecule has 2 aromatic carbocycles. The van der Waals surface area contributed by atoms with Gasteiger partial charge in [0.05, 0.1) is 0 Å². The zero-order valence-electron chi connectivity index (χ0n) is 18.1. The van der Waals surface area contributed by atoms with Gasteiger partial charge in [-0.25, -0.2) is 4.98 Å². The number of aromatic nitrogens is 2. The molecule has 1 amide bonds. The van der Waals surface area contributed by atoms with Crippen molar-refractivity contribution in [3.63, 3.8) is 0 Å². The molecule has 0 atom stereocenters. The van der Waals surface area contributed by atoms with E-state index >= 15 is 0 Å². The molecule has 0 saturated heterocycles. The van der Waals surface area contributed by atoms with Crippen molar-refractivity contribution >= 4 is 29.0 Å². The number of nitrogens with one attached hydrogen (secondary N) is 3. The van der Waals surface area contributed by atoms with Gasteiger partial charge in [-0.05, 0) is 62.6 Å². The van der Waals surface area contributed by atoms with Gasteiger partial charge >= 0.3 is 0 Å². The number of amides is 1. The maximum absolute atomic E-state index is 12.5. The first kappa shape index (κ1) is 20.8. The molecule has 4 rings (SSSR count). The number of aryl methyl sites for hydroxylation is 2. The van der Waals surface area contributed by atoms with E-state index in [4.69, 9.17) is 0 Å². The van der Waals surface area contributed by atoms with Gasteiger partial charge in [0, 0.05) is 34.7 Å². The summed E-state index contributed by atoms with van der Waals surface area (Å²) in [6.07, 6.45) is 6.20. The van der Waals surface area contributed by atoms with Crippen LogP contribution in [0.2, 0.25) is 0 Å². The molecule has 1 aromatic heterocycles. The Morgan fingerprint density at radius 1 is 0.903 bits per heavy atom. The topological polar surface area (TPSA) is 78.9 Å². The van der Waals surface area contributed by atoms with Crippen molar-refractivity contribution in [2.45, 2.75) is 52.0 Å². The number of hydrogen-bond acceptors (Lipinski definition) is 5. The van der Waals surface area contributed by atoms with Gasteiger partial charge in [-0.15, -0.1) is 0 Å². The van der Waals surface area contributed by atoms with Crippen LogP contribution in [0.15, 0.2) is 54.6 Å². The summed E-state index contributed by atoms with van der Waals surface area (Å²) >= 11 is 0. The van der Waals surface area contributed by atoms with E-state index in [2.05, 4.69) is 25.9 Å². The minimum atomic E-state index is -0.108. The lowest BCUT2D eigenvalue weighted by atomic mass is 9.96. The lowest BCUT2D eigenvalue weighted by Gasteiger charge is -2.23. The average molecular weight is 416 g/mol. The first-order chi connectivity index (χ1) is 15.1. The molecular formula is C25H29N5O. The second-order valence-corrected chi connectivity index (χ2v) is 8.17. The molecule has 0 aliphatic heterocycles. The lowest BCUT2D eigenvalue weighted by Crippen LogP contribution is -2.23. The van der Waals surface area contributed by atoms with Crippen LogP contribution in [0.1, 0.15) is 53.7 Å². The number of hydrogen-bond donors (Lipinski definition) is 3. The van der Waals surface area contributed by atoms with Gasteiger partial charge in [-0.1, -0.05) is 37.5 Å². The van der Waals surface area contributed by atoms with E-state index < -0.39 is 0 Å². The maximum atomic E-state index is 12.5. The zero-order valence-corrected chi connectivity index (χ0v) is 18.1. The number of anilines is 4. The van der Waals surface area contributed by atoms with Crippen LogP contribution in [0, 0.1) is 13.8 Å². The van der Waals surface area contributed by atoms with Gasteiger partial charge in [0.15, 0.2) is 0 Å². The van der Waals surface area contributed by atoms with E-state index in [9.17, 15) is 4.79 Å². The smallest absolute Gasteiger partial charge is 0.255 e. The molecule has 160 valence electrons. The summed E-state index contributed by atoms with van der Waals surface area (Å²) in [7, 11) is 0. The van der Waals surface area contributed by atoms with Crippen molar-refractivity contribution < 1.29 is 4.79 Å². The second-order valence-electron chi connectivity index (χ2n) is 8.17. The maximum Gasteiger partial charge on any atom is 0.255 e. The number of benzene rings is 2. The van der Waals surface area contributed by atoms with Crippen LogP contribution < -0.4 is 16.0 Å². The number of nitrogens with zero attached hydrogens (tertiary/aromatic N) is 2. The Labute approximate surface area is 183 Å². The van der Waals surface area contributed by atoms with E-state index in [1.54, 1.807) is 0 Å². The van der Waals surface area contributed by atoms with Gasteiger partial charge in [-0.2, -0.15) is 4.98 Å². The highest BCUT2D eigenvalue weighted by Crippen LogP contribution is 2.23. The van der Waals surface area contributed by atoms with Gasteiger partial charge < -0.3 is 16.0 Å². The fourth-order valence-electron chi connectivity index (χ4n) is 3.94. The normalized spacial score (nSPS) is 14.1. The monoisotopic (exact) mass is 415 g/mol. The summed E-state index contributed by atoms with van der Waals surface area (Å²) in [5.74, 6) is 1.32. The van der Waals surface area contributed by atoms with E-state index in [1.807, 2.05) is 68.4 Å². The third-order valence-electron chi connectivity index (χ3n) is 5.60. The van der Waals surface area contributed by atoms with Crippen LogP contribution in [0.25, 0.3) is 0 Å². The highest BCUT2D eigenvalue weighted by Gasteiger charge is 2.15. The van der Waals surface area contributed by atoms with Crippen molar-refractivity contribution in [1.82, 2.24) is 9.97 Å². The van der Waals surface area contributed by atoms with Crippen molar-refractivity contribution in [1.29, 1.82) is 0 Å². The molecule has 1 aliphatic rings. The Bertz CT molecular complexity index is 1040. The Morgan fingerprint density at radius 3 is 2.35 bits per heavy atom. The van der Waals surface area contributed by atoms with Crippen LogP contribution in [0.5, 0.6) is 0 Å². The van der Waals surface area contributed by atoms with Crippen molar-refractivity contribution in [2.75, 3.05) is 16.0 Å². The molecule has 1 fully saturated rings. The van der Waals surface area contributed by atoms with Gasteiger partial charge in [-0.3, -0.25) is 4.79 Å².